The van der Waals surface area contributed by atoms with Gasteiger partial charge in [-0.25, -0.2) is 0 Å². The Balaban J connectivity index is 2.35. The maximum atomic E-state index is 11.1. The van der Waals surface area contributed by atoms with Crippen molar-refractivity contribution in [3.8, 4) is 6.07 Å². The Morgan fingerprint density at radius 1 is 1.33 bits per heavy atom. The second kappa shape index (κ2) is 6.25. The predicted molar refractivity (Wildman–Crippen MR) is 81.3 cm³/mol. The predicted octanol–water partition coefficient (Wildman–Crippen LogP) is 4.29. The Morgan fingerprint density at radius 3 is 2.71 bits per heavy atom. The van der Waals surface area contributed by atoms with E-state index in [1.165, 1.54) is 6.07 Å². The van der Waals surface area contributed by atoms with Crippen molar-refractivity contribution >= 4 is 23.0 Å². The normalized spacial score (nSPS) is 11.5. The molecular weight excluding hydrogens is 290 g/mol. The first-order valence-electron chi connectivity index (χ1n) is 6.22. The average Bonchev–Trinajstić information content (AvgIpc) is 2.47. The Kier molecular flexibility index (Phi) is 4.41. The molecule has 0 saturated carbocycles. The zero-order valence-corrected chi connectivity index (χ0v) is 12.0. The number of nitrogens with one attached hydrogen (secondary N) is 1. The molecule has 1 N–H and O–H groups in total. The van der Waals surface area contributed by atoms with E-state index in [-0.39, 0.29) is 11.7 Å². The molecule has 0 aliphatic heterocycles. The van der Waals surface area contributed by atoms with Crippen molar-refractivity contribution in [2.45, 2.75) is 13.0 Å². The van der Waals surface area contributed by atoms with Gasteiger partial charge in [-0.05, 0) is 25.1 Å². The van der Waals surface area contributed by atoms with Gasteiger partial charge in [0.2, 0.25) is 0 Å². The number of rotatable bonds is 4. The summed E-state index contributed by atoms with van der Waals surface area (Å²) < 4.78 is 0. The highest BCUT2D eigenvalue weighted by Crippen LogP contribution is 2.29. The zero-order valence-electron chi connectivity index (χ0n) is 11.2. The molecule has 0 amide bonds. The van der Waals surface area contributed by atoms with E-state index in [9.17, 15) is 10.1 Å². The van der Waals surface area contributed by atoms with Crippen LogP contribution in [0.3, 0.4) is 0 Å². The summed E-state index contributed by atoms with van der Waals surface area (Å²) in [5, 5.41) is 23.7. The number of halogens is 1. The molecule has 0 heterocycles. The molecule has 0 fully saturated rings. The van der Waals surface area contributed by atoms with E-state index in [1.54, 1.807) is 43.3 Å². The Morgan fingerprint density at radius 2 is 2.05 bits per heavy atom. The third-order valence-corrected chi connectivity index (χ3v) is 3.31. The fraction of sp³-hybridized carbons (Fsp3) is 0.133. The molecule has 0 saturated heterocycles. The molecule has 1 atom stereocenters. The minimum atomic E-state index is -0.420. The van der Waals surface area contributed by atoms with Crippen molar-refractivity contribution in [3.63, 3.8) is 0 Å². The van der Waals surface area contributed by atoms with E-state index in [0.717, 1.165) is 0 Å². The van der Waals surface area contributed by atoms with Crippen LogP contribution < -0.4 is 5.32 Å². The molecule has 1 unspecified atom stereocenters. The topological polar surface area (TPSA) is 79.0 Å². The molecule has 0 aliphatic carbocycles. The second-order valence-corrected chi connectivity index (χ2v) is 4.92. The van der Waals surface area contributed by atoms with E-state index in [0.29, 0.717) is 21.8 Å². The van der Waals surface area contributed by atoms with Gasteiger partial charge in [-0.3, -0.25) is 10.1 Å². The first kappa shape index (κ1) is 14.8. The highest BCUT2D eigenvalue weighted by atomic mass is 35.5. The van der Waals surface area contributed by atoms with Gasteiger partial charge in [0, 0.05) is 11.1 Å². The Labute approximate surface area is 126 Å². The van der Waals surface area contributed by atoms with Crippen LogP contribution in [-0.2, 0) is 0 Å². The minimum Gasteiger partial charge on any atom is -0.377 e. The van der Waals surface area contributed by atoms with Crippen LogP contribution in [0, 0.1) is 21.4 Å². The molecule has 0 aliphatic rings. The number of nitriles is 1. The highest BCUT2D eigenvalue weighted by Gasteiger charge is 2.18. The maximum absolute atomic E-state index is 11.1. The van der Waals surface area contributed by atoms with E-state index in [4.69, 9.17) is 16.9 Å². The van der Waals surface area contributed by atoms with Crippen molar-refractivity contribution in [2.75, 3.05) is 5.32 Å². The molecule has 0 bridgehead atoms. The summed E-state index contributed by atoms with van der Waals surface area (Å²) in [5.41, 5.74) is 1.57. The van der Waals surface area contributed by atoms with Crippen LogP contribution in [0.25, 0.3) is 0 Å². The number of hydrogen-bond acceptors (Lipinski definition) is 4. The number of benzene rings is 2. The van der Waals surface area contributed by atoms with Crippen molar-refractivity contribution in [2.24, 2.45) is 0 Å². The summed E-state index contributed by atoms with van der Waals surface area (Å²) in [6, 6.07) is 13.1. The van der Waals surface area contributed by atoms with Crippen LogP contribution in [0.2, 0.25) is 5.02 Å². The number of anilines is 1. The highest BCUT2D eigenvalue weighted by molar-refractivity contribution is 6.30. The first-order valence-corrected chi connectivity index (χ1v) is 6.60. The summed E-state index contributed by atoms with van der Waals surface area (Å²) in [7, 11) is 0. The fourth-order valence-electron chi connectivity index (χ4n) is 2.06. The number of para-hydroxylation sites is 1. The van der Waals surface area contributed by atoms with E-state index < -0.39 is 4.92 Å². The van der Waals surface area contributed by atoms with Crippen molar-refractivity contribution in [3.05, 3.63) is 68.7 Å². The fourth-order valence-corrected chi connectivity index (χ4v) is 2.24. The monoisotopic (exact) mass is 301 g/mol. The lowest BCUT2D eigenvalue weighted by molar-refractivity contribution is -0.385. The van der Waals surface area contributed by atoms with Gasteiger partial charge in [0.1, 0.15) is 6.07 Å². The van der Waals surface area contributed by atoms with Crippen LogP contribution in [0.4, 0.5) is 11.4 Å². The van der Waals surface area contributed by atoms with Gasteiger partial charge in [-0.1, -0.05) is 29.8 Å². The minimum absolute atomic E-state index is 0.0398. The third-order valence-electron chi connectivity index (χ3n) is 3.07. The summed E-state index contributed by atoms with van der Waals surface area (Å²) in [5.74, 6) is 0. The van der Waals surface area contributed by atoms with Crippen LogP contribution >= 0.6 is 11.6 Å². The Bertz CT molecular complexity index is 725. The summed E-state index contributed by atoms with van der Waals surface area (Å²) in [4.78, 5) is 10.6. The van der Waals surface area contributed by atoms with E-state index in [2.05, 4.69) is 11.4 Å². The summed E-state index contributed by atoms with van der Waals surface area (Å²) in [6.45, 7) is 1.80. The molecule has 0 spiro atoms. The SMILES string of the molecule is CC(Nc1cc(Cl)ccc1C#N)c1ccccc1[N+](=O)[O-]. The molecule has 2 aromatic rings. The average molecular weight is 302 g/mol. The zero-order chi connectivity index (χ0) is 15.4. The van der Waals surface area contributed by atoms with Gasteiger partial charge in [-0.2, -0.15) is 5.26 Å². The summed E-state index contributed by atoms with van der Waals surface area (Å²) >= 11 is 5.93. The smallest absolute Gasteiger partial charge is 0.274 e. The third kappa shape index (κ3) is 3.30. The van der Waals surface area contributed by atoms with Gasteiger partial charge in [-0.15, -0.1) is 0 Å². The number of hydrogen-bond donors (Lipinski definition) is 1. The summed E-state index contributed by atoms with van der Waals surface area (Å²) in [6.07, 6.45) is 0. The number of nitro groups is 1. The lowest BCUT2D eigenvalue weighted by Crippen LogP contribution is -2.10. The van der Waals surface area contributed by atoms with Crippen molar-refractivity contribution in [1.29, 1.82) is 5.26 Å². The van der Waals surface area contributed by atoms with E-state index >= 15 is 0 Å². The number of nitrogens with zero attached hydrogens (tertiary/aromatic N) is 2. The molecule has 2 rings (SSSR count). The van der Waals surface area contributed by atoms with Crippen molar-refractivity contribution in [1.82, 2.24) is 0 Å². The molecule has 2 aromatic carbocycles. The molecule has 0 radical (unpaired) electrons. The van der Waals surface area contributed by atoms with E-state index in [1.807, 2.05) is 0 Å². The standard InChI is InChI=1S/C15H12ClN3O2/c1-10(13-4-2-3-5-15(13)19(20)21)18-14-8-12(16)7-6-11(14)9-17/h2-8,10,18H,1H3. The van der Waals surface area contributed by atoms with Gasteiger partial charge in [0.25, 0.3) is 5.69 Å². The molecule has 6 heteroatoms. The second-order valence-electron chi connectivity index (χ2n) is 4.48. The quantitative estimate of drug-likeness (QED) is 0.674. The van der Waals surface area contributed by atoms with Crippen LogP contribution in [0.1, 0.15) is 24.1 Å². The maximum Gasteiger partial charge on any atom is 0.274 e. The molecule has 5 nitrogen and oxygen atoms in total. The molecule has 106 valence electrons. The Hall–Kier alpha value is -2.58. The molecular formula is C15H12ClN3O2. The van der Waals surface area contributed by atoms with Gasteiger partial charge in [0.05, 0.1) is 27.8 Å². The van der Waals surface area contributed by atoms with Gasteiger partial charge >= 0.3 is 0 Å². The van der Waals surface area contributed by atoms with Gasteiger partial charge < -0.3 is 5.32 Å². The van der Waals surface area contributed by atoms with Crippen LogP contribution in [0.15, 0.2) is 42.5 Å². The largest absolute Gasteiger partial charge is 0.377 e. The number of nitro benzene ring substituents is 1. The lowest BCUT2D eigenvalue weighted by Gasteiger charge is -2.17. The first-order chi connectivity index (χ1) is 10.0. The molecule has 21 heavy (non-hydrogen) atoms. The van der Waals surface area contributed by atoms with Crippen molar-refractivity contribution < 1.29 is 4.92 Å². The lowest BCUT2D eigenvalue weighted by atomic mass is 10.1. The van der Waals surface area contributed by atoms with Gasteiger partial charge in [0.15, 0.2) is 0 Å². The van der Waals surface area contributed by atoms with Crippen LogP contribution in [0.5, 0.6) is 0 Å². The molecule has 0 aromatic heterocycles. The van der Waals surface area contributed by atoms with Crippen LogP contribution in [-0.4, -0.2) is 4.92 Å².